The molecule has 8 rings (SSSR count). The number of methoxy groups -OCH3 is 1. The fourth-order valence-electron chi connectivity index (χ4n) is 9.09. The van der Waals surface area contributed by atoms with Gasteiger partial charge >= 0.3 is 0 Å². The first kappa shape index (κ1) is 31.8. The molecule has 0 radical (unpaired) electrons. The number of hydrogen-bond donors (Lipinski definition) is 1. The molecule has 2 aliphatic heterocycles. The van der Waals surface area contributed by atoms with Crippen LogP contribution >= 0.6 is 22.9 Å². The molecule has 49 heavy (non-hydrogen) atoms. The summed E-state index contributed by atoms with van der Waals surface area (Å²) in [5, 5.41) is 17.3. The molecule has 10 nitrogen and oxygen atoms in total. The summed E-state index contributed by atoms with van der Waals surface area (Å²) in [5.41, 5.74) is 1.89. The van der Waals surface area contributed by atoms with E-state index in [1.54, 1.807) is 54.3 Å². The molecule has 4 heterocycles. The molecule has 4 aliphatic rings. The number of aryl methyl sites for hydroxylation is 2. The second-order valence-electron chi connectivity index (χ2n) is 13.7. The van der Waals surface area contributed by atoms with Gasteiger partial charge in [0.1, 0.15) is 11.5 Å². The highest BCUT2D eigenvalue weighted by atomic mass is 35.5. The predicted octanol–water partition coefficient (Wildman–Crippen LogP) is 6.23. The molecular weight excluding hydrogens is 664 g/mol. The van der Waals surface area contributed by atoms with Gasteiger partial charge in [0.05, 0.1) is 35.2 Å². The van der Waals surface area contributed by atoms with Crippen LogP contribution in [-0.4, -0.2) is 57.1 Å². The van der Waals surface area contributed by atoms with Crippen molar-refractivity contribution in [2.75, 3.05) is 18.6 Å². The molecule has 4 aromatic rings. The van der Waals surface area contributed by atoms with Gasteiger partial charge in [0.2, 0.25) is 23.6 Å². The number of carbonyl (C=O) groups excluding carboxylic acids is 4. The van der Waals surface area contributed by atoms with Crippen molar-refractivity contribution in [2.24, 2.45) is 36.1 Å². The number of aromatic nitrogens is 2. The zero-order valence-electron chi connectivity index (χ0n) is 27.7. The van der Waals surface area contributed by atoms with Crippen molar-refractivity contribution in [2.45, 2.75) is 39.5 Å². The molecule has 12 heteroatoms. The van der Waals surface area contributed by atoms with Crippen molar-refractivity contribution in [1.29, 1.82) is 0 Å². The molecule has 1 saturated carbocycles. The van der Waals surface area contributed by atoms with Crippen LogP contribution < -0.4 is 9.64 Å². The third kappa shape index (κ3) is 4.27. The van der Waals surface area contributed by atoms with Crippen molar-refractivity contribution >= 4 is 62.5 Å². The number of anilines is 1. The fourth-order valence-corrected chi connectivity index (χ4v) is 10.4. The smallest absolute Gasteiger partial charge is 0.242 e. The third-order valence-electron chi connectivity index (χ3n) is 11.4. The molecule has 2 aromatic heterocycles. The average Bonchev–Trinajstić information content (AvgIpc) is 3.74. The molecule has 1 N–H and O–H groups in total. The second-order valence-corrected chi connectivity index (χ2v) is 15.2. The standard InChI is InChI=1S/C37H35ClN4O6S/c1-6-41-33(44)21-10-9-20-23(30(21)35(41)46)15-24-34(45)42(36(47)37(24,3)31(20)18-7-11-27(48-5)26(43)13-18)29-16-25(39-40(29)4)32-17(2)22-14-19(38)8-12-28(22)49-32/h7-9,11-14,16,21,23-24,30-31,43H,6,10,15H2,1-5H3. The van der Waals surface area contributed by atoms with Crippen LogP contribution in [0.1, 0.15) is 43.7 Å². The molecule has 252 valence electrons. The van der Waals surface area contributed by atoms with E-state index in [4.69, 9.17) is 21.4 Å². The van der Waals surface area contributed by atoms with E-state index < -0.39 is 35.0 Å². The number of nitrogens with zero attached hydrogens (tertiary/aromatic N) is 4. The maximum Gasteiger partial charge on any atom is 0.242 e. The largest absolute Gasteiger partial charge is 0.504 e. The molecule has 2 aromatic carbocycles. The SMILES string of the molecule is CCN1C(=O)C2CC=C3C(CC4C(=O)N(c5cc(-c6sc7ccc(Cl)cc7c6C)nn5C)C(=O)C4(C)C3c3ccc(OC)c(O)c3)C2C1=O. The summed E-state index contributed by atoms with van der Waals surface area (Å²) in [5.74, 6) is -3.58. The Kier molecular flexibility index (Phi) is 7.14. The number of aromatic hydroxyl groups is 1. The highest BCUT2D eigenvalue weighted by Crippen LogP contribution is 2.64. The number of imide groups is 2. The summed E-state index contributed by atoms with van der Waals surface area (Å²) >= 11 is 7.86. The summed E-state index contributed by atoms with van der Waals surface area (Å²) in [6, 6.07) is 12.6. The third-order valence-corrected chi connectivity index (χ3v) is 13.0. The zero-order valence-corrected chi connectivity index (χ0v) is 29.3. The van der Waals surface area contributed by atoms with E-state index in [-0.39, 0.29) is 48.1 Å². The Bertz CT molecular complexity index is 2170. The van der Waals surface area contributed by atoms with Crippen LogP contribution in [0.3, 0.4) is 0 Å². The van der Waals surface area contributed by atoms with Gasteiger partial charge in [-0.05, 0) is 86.4 Å². The van der Waals surface area contributed by atoms with Gasteiger partial charge < -0.3 is 9.84 Å². The maximum absolute atomic E-state index is 14.9. The number of amides is 4. The van der Waals surface area contributed by atoms with Gasteiger partial charge in [-0.3, -0.25) is 28.8 Å². The number of rotatable bonds is 5. The Balaban J connectivity index is 1.26. The summed E-state index contributed by atoms with van der Waals surface area (Å²) in [6.45, 7) is 5.90. The first-order chi connectivity index (χ1) is 23.4. The van der Waals surface area contributed by atoms with Crippen LogP contribution in [0.4, 0.5) is 5.82 Å². The number of benzene rings is 2. The molecule has 2 aliphatic carbocycles. The molecule has 3 fully saturated rings. The fraction of sp³-hybridized carbons (Fsp3) is 0.378. The lowest BCUT2D eigenvalue weighted by Crippen LogP contribution is -2.48. The van der Waals surface area contributed by atoms with Crippen LogP contribution in [0.2, 0.25) is 5.02 Å². The Hall–Kier alpha value is -4.48. The van der Waals surface area contributed by atoms with Crippen molar-refractivity contribution < 1.29 is 29.0 Å². The summed E-state index contributed by atoms with van der Waals surface area (Å²) in [4.78, 5) is 60.2. The van der Waals surface area contributed by atoms with E-state index in [0.717, 1.165) is 26.1 Å². The second kappa shape index (κ2) is 11.0. The van der Waals surface area contributed by atoms with E-state index in [1.807, 2.05) is 38.1 Å². The Morgan fingerprint density at radius 3 is 2.55 bits per heavy atom. The topological polar surface area (TPSA) is 122 Å². The minimum Gasteiger partial charge on any atom is -0.504 e. The lowest BCUT2D eigenvalue weighted by molar-refractivity contribution is -0.140. The van der Waals surface area contributed by atoms with Crippen molar-refractivity contribution in [1.82, 2.24) is 14.7 Å². The van der Waals surface area contributed by atoms with E-state index in [0.29, 0.717) is 28.5 Å². The first-order valence-corrected chi connectivity index (χ1v) is 17.6. The summed E-state index contributed by atoms with van der Waals surface area (Å²) < 4.78 is 7.93. The van der Waals surface area contributed by atoms with Crippen LogP contribution in [0.25, 0.3) is 20.7 Å². The zero-order chi connectivity index (χ0) is 34.7. The quantitative estimate of drug-likeness (QED) is 0.194. The maximum atomic E-state index is 14.9. The van der Waals surface area contributed by atoms with Crippen molar-refractivity contribution in [3.05, 3.63) is 70.3 Å². The number of halogens is 1. The van der Waals surface area contributed by atoms with Gasteiger partial charge in [0.15, 0.2) is 11.5 Å². The Morgan fingerprint density at radius 1 is 1.06 bits per heavy atom. The van der Waals surface area contributed by atoms with E-state index in [2.05, 4.69) is 0 Å². The predicted molar refractivity (Wildman–Crippen MR) is 185 cm³/mol. The number of ether oxygens (including phenoxy) is 1. The number of allylic oxidation sites excluding steroid dienone is 2. The molecule has 2 saturated heterocycles. The molecule has 4 amide bonds. The van der Waals surface area contributed by atoms with Gasteiger partial charge in [-0.1, -0.05) is 29.3 Å². The summed E-state index contributed by atoms with van der Waals surface area (Å²) in [7, 11) is 3.18. The van der Waals surface area contributed by atoms with Crippen LogP contribution in [0, 0.1) is 36.0 Å². The minimum absolute atomic E-state index is 0.0919. The van der Waals surface area contributed by atoms with Crippen molar-refractivity contribution in [3.63, 3.8) is 0 Å². The van der Waals surface area contributed by atoms with Gasteiger partial charge in [-0.2, -0.15) is 5.10 Å². The lowest BCUT2D eigenvalue weighted by Gasteiger charge is -2.49. The van der Waals surface area contributed by atoms with E-state index in [9.17, 15) is 24.3 Å². The van der Waals surface area contributed by atoms with E-state index >= 15 is 0 Å². The van der Waals surface area contributed by atoms with Crippen LogP contribution in [-0.2, 0) is 26.2 Å². The Morgan fingerprint density at radius 2 is 1.84 bits per heavy atom. The Labute approximate surface area is 291 Å². The minimum atomic E-state index is -1.25. The first-order valence-electron chi connectivity index (χ1n) is 16.4. The average molecular weight is 699 g/mol. The van der Waals surface area contributed by atoms with Gasteiger partial charge in [-0.15, -0.1) is 11.3 Å². The molecule has 6 atom stereocenters. The lowest BCUT2D eigenvalue weighted by atomic mass is 9.51. The molecule has 0 spiro atoms. The van der Waals surface area contributed by atoms with Gasteiger partial charge in [0.25, 0.3) is 0 Å². The molecular formula is C37H35ClN4O6S. The number of phenols is 1. The van der Waals surface area contributed by atoms with Gasteiger partial charge in [-0.25, -0.2) is 4.90 Å². The monoisotopic (exact) mass is 698 g/mol. The van der Waals surface area contributed by atoms with Crippen molar-refractivity contribution in [3.8, 4) is 22.1 Å². The number of fused-ring (bicyclic) bond motifs is 5. The number of phenolic OH excluding ortho intramolecular Hbond substituents is 1. The number of hydrogen-bond acceptors (Lipinski definition) is 8. The molecule has 6 unspecified atom stereocenters. The van der Waals surface area contributed by atoms with E-state index in [1.165, 1.54) is 16.9 Å². The number of thiophene rings is 1. The highest BCUT2D eigenvalue weighted by Gasteiger charge is 2.68. The summed E-state index contributed by atoms with van der Waals surface area (Å²) in [6.07, 6.45) is 2.62. The van der Waals surface area contributed by atoms with Gasteiger partial charge in [0, 0.05) is 35.3 Å². The van der Waals surface area contributed by atoms with Crippen LogP contribution in [0.5, 0.6) is 11.5 Å². The molecule has 0 bridgehead atoms. The normalized spacial score (nSPS) is 27.9. The number of likely N-dealkylation sites (tertiary alicyclic amines) is 1. The van der Waals surface area contributed by atoms with Crippen LogP contribution in [0.15, 0.2) is 54.1 Å². The highest BCUT2D eigenvalue weighted by molar-refractivity contribution is 7.22. The number of carbonyl (C=O) groups is 4.